The van der Waals surface area contributed by atoms with Crippen molar-refractivity contribution in [2.75, 3.05) is 13.2 Å². The fourth-order valence-corrected chi connectivity index (χ4v) is 5.53. The number of allylic oxidation sites excluding steroid dienone is 4. The molecule has 280 valence electrons. The van der Waals surface area contributed by atoms with Gasteiger partial charge in [0.15, 0.2) is 6.10 Å². The highest BCUT2D eigenvalue weighted by atomic mass is 16.6. The molecule has 0 saturated heterocycles. The second-order valence-corrected chi connectivity index (χ2v) is 13.5. The lowest BCUT2D eigenvalue weighted by atomic mass is 10.1. The molecule has 0 aliphatic heterocycles. The second kappa shape index (κ2) is 37.7. The van der Waals surface area contributed by atoms with Gasteiger partial charge in [-0.25, -0.2) is 0 Å². The average Bonchev–Trinajstić information content (AvgIpc) is 3.08. The Kier molecular flexibility index (Phi) is 36.0. The van der Waals surface area contributed by atoms with Crippen LogP contribution in [0.4, 0.5) is 0 Å². The Morgan fingerprint density at radius 2 is 0.708 bits per heavy atom. The van der Waals surface area contributed by atoms with Crippen LogP contribution in [-0.4, -0.2) is 37.2 Å². The average molecular weight is 677 g/mol. The van der Waals surface area contributed by atoms with Gasteiger partial charge in [-0.2, -0.15) is 0 Å². The molecule has 0 radical (unpaired) electrons. The molecule has 0 fully saturated rings. The summed E-state index contributed by atoms with van der Waals surface area (Å²) in [6, 6.07) is 0. The molecule has 0 aromatic rings. The van der Waals surface area contributed by atoms with Crippen molar-refractivity contribution < 1.29 is 28.6 Å². The third kappa shape index (κ3) is 35.2. The number of esters is 3. The lowest BCUT2D eigenvalue weighted by Gasteiger charge is -2.18. The van der Waals surface area contributed by atoms with Crippen LogP contribution in [0.5, 0.6) is 0 Å². The summed E-state index contributed by atoms with van der Waals surface area (Å²) in [5.74, 6) is -0.905. The summed E-state index contributed by atoms with van der Waals surface area (Å²) >= 11 is 0. The van der Waals surface area contributed by atoms with Gasteiger partial charge in [-0.15, -0.1) is 0 Å². The lowest BCUT2D eigenvalue weighted by Crippen LogP contribution is -2.30. The van der Waals surface area contributed by atoms with Gasteiger partial charge >= 0.3 is 17.9 Å². The van der Waals surface area contributed by atoms with Crippen molar-refractivity contribution in [2.24, 2.45) is 0 Å². The Hall–Kier alpha value is -2.11. The SMILES string of the molecule is CCCC/C=C\CCCCCCCC(=O)OC(COC(=O)CCCCCCC/C=C\CCCCC)COC(=O)CCCCCCCCC. The maximum Gasteiger partial charge on any atom is 0.306 e. The summed E-state index contributed by atoms with van der Waals surface area (Å²) in [4.78, 5) is 37.4. The maximum absolute atomic E-state index is 12.6. The van der Waals surface area contributed by atoms with Gasteiger partial charge in [0.25, 0.3) is 0 Å². The molecule has 0 heterocycles. The molecule has 0 spiro atoms. The number of carbonyl (C=O) groups excluding carboxylic acids is 3. The monoisotopic (exact) mass is 677 g/mol. The minimum atomic E-state index is -0.769. The zero-order valence-corrected chi connectivity index (χ0v) is 31.8. The van der Waals surface area contributed by atoms with Crippen LogP contribution in [0.3, 0.4) is 0 Å². The predicted octanol–water partition coefficient (Wildman–Crippen LogP) is 12.5. The summed E-state index contributed by atoms with van der Waals surface area (Å²) in [6.07, 6.45) is 38.8. The van der Waals surface area contributed by atoms with E-state index in [1.54, 1.807) is 0 Å². The summed E-state index contributed by atoms with van der Waals surface area (Å²) < 4.78 is 16.6. The van der Waals surface area contributed by atoms with E-state index in [0.29, 0.717) is 19.3 Å². The van der Waals surface area contributed by atoms with Crippen LogP contribution in [0.1, 0.15) is 207 Å². The van der Waals surface area contributed by atoms with Gasteiger partial charge in [0.2, 0.25) is 0 Å². The number of unbranched alkanes of at least 4 members (excludes halogenated alkanes) is 21. The first-order chi connectivity index (χ1) is 23.5. The van der Waals surface area contributed by atoms with Crippen molar-refractivity contribution in [3.05, 3.63) is 24.3 Å². The molecule has 0 saturated carbocycles. The smallest absolute Gasteiger partial charge is 0.306 e. The first-order valence-electron chi connectivity index (χ1n) is 20.3. The van der Waals surface area contributed by atoms with Crippen LogP contribution in [0.25, 0.3) is 0 Å². The summed E-state index contributed by atoms with van der Waals surface area (Å²) in [5, 5.41) is 0. The molecule has 1 unspecified atom stereocenters. The van der Waals surface area contributed by atoms with Gasteiger partial charge in [-0.05, 0) is 64.2 Å². The third-order valence-corrected chi connectivity index (χ3v) is 8.68. The Morgan fingerprint density at radius 3 is 1.15 bits per heavy atom. The van der Waals surface area contributed by atoms with Crippen molar-refractivity contribution in [1.82, 2.24) is 0 Å². The van der Waals surface area contributed by atoms with Crippen LogP contribution in [0.15, 0.2) is 24.3 Å². The molecule has 48 heavy (non-hydrogen) atoms. The predicted molar refractivity (Wildman–Crippen MR) is 201 cm³/mol. The van der Waals surface area contributed by atoms with E-state index in [1.807, 2.05) is 0 Å². The van der Waals surface area contributed by atoms with Crippen molar-refractivity contribution in [2.45, 2.75) is 213 Å². The van der Waals surface area contributed by atoms with Crippen molar-refractivity contribution in [1.29, 1.82) is 0 Å². The topological polar surface area (TPSA) is 78.9 Å². The van der Waals surface area contributed by atoms with E-state index in [1.165, 1.54) is 89.9 Å². The van der Waals surface area contributed by atoms with E-state index >= 15 is 0 Å². The summed E-state index contributed by atoms with van der Waals surface area (Å²) in [7, 11) is 0. The molecule has 1 atom stereocenters. The highest BCUT2D eigenvalue weighted by Crippen LogP contribution is 2.13. The zero-order chi connectivity index (χ0) is 35.2. The van der Waals surface area contributed by atoms with E-state index < -0.39 is 6.10 Å². The van der Waals surface area contributed by atoms with E-state index in [0.717, 1.165) is 77.0 Å². The van der Waals surface area contributed by atoms with E-state index in [4.69, 9.17) is 14.2 Å². The zero-order valence-electron chi connectivity index (χ0n) is 31.8. The van der Waals surface area contributed by atoms with E-state index in [9.17, 15) is 14.4 Å². The third-order valence-electron chi connectivity index (χ3n) is 8.68. The molecule has 0 aromatic heterocycles. The molecule has 0 aromatic carbocycles. The fourth-order valence-electron chi connectivity index (χ4n) is 5.53. The van der Waals surface area contributed by atoms with Gasteiger partial charge in [0.1, 0.15) is 13.2 Å². The van der Waals surface area contributed by atoms with E-state index in [-0.39, 0.29) is 31.1 Å². The molecule has 6 heteroatoms. The minimum absolute atomic E-state index is 0.0762. The van der Waals surface area contributed by atoms with Gasteiger partial charge < -0.3 is 14.2 Å². The Morgan fingerprint density at radius 1 is 0.396 bits per heavy atom. The maximum atomic E-state index is 12.6. The Bertz CT molecular complexity index is 789. The molecule has 0 aliphatic carbocycles. The highest BCUT2D eigenvalue weighted by molar-refractivity contribution is 5.71. The lowest BCUT2D eigenvalue weighted by molar-refractivity contribution is -0.167. The summed E-state index contributed by atoms with van der Waals surface area (Å²) in [6.45, 7) is 6.50. The molecular weight excluding hydrogens is 600 g/mol. The molecule has 0 amide bonds. The standard InChI is InChI=1S/C42H76O6/c1-4-7-10-13-16-18-20-22-23-26-29-32-35-41(44)47-38-39(37-46-40(43)34-31-28-25-15-12-9-6-3)48-42(45)36-33-30-27-24-21-19-17-14-11-8-5-2/h14,16-18,39H,4-13,15,19-38H2,1-3H3/b17-14-,18-16-. The van der Waals surface area contributed by atoms with Gasteiger partial charge in [-0.3, -0.25) is 14.4 Å². The van der Waals surface area contributed by atoms with Crippen molar-refractivity contribution in [3.63, 3.8) is 0 Å². The normalized spacial score (nSPS) is 12.1. The molecule has 0 aliphatic rings. The number of carbonyl (C=O) groups is 3. The van der Waals surface area contributed by atoms with Crippen LogP contribution in [0.2, 0.25) is 0 Å². The number of hydrogen-bond acceptors (Lipinski definition) is 6. The number of hydrogen-bond donors (Lipinski definition) is 0. The van der Waals surface area contributed by atoms with Crippen LogP contribution in [-0.2, 0) is 28.6 Å². The number of rotatable bonds is 36. The molecular formula is C42H76O6. The quantitative estimate of drug-likeness (QED) is 0.0284. The van der Waals surface area contributed by atoms with Crippen LogP contribution < -0.4 is 0 Å². The van der Waals surface area contributed by atoms with Gasteiger partial charge in [0.05, 0.1) is 0 Å². The summed E-state index contributed by atoms with van der Waals surface area (Å²) in [5.41, 5.74) is 0. The van der Waals surface area contributed by atoms with Crippen LogP contribution >= 0.6 is 0 Å². The first kappa shape index (κ1) is 45.9. The van der Waals surface area contributed by atoms with E-state index in [2.05, 4.69) is 45.1 Å². The van der Waals surface area contributed by atoms with Crippen molar-refractivity contribution >= 4 is 17.9 Å². The highest BCUT2D eigenvalue weighted by Gasteiger charge is 2.19. The largest absolute Gasteiger partial charge is 0.462 e. The molecule has 6 nitrogen and oxygen atoms in total. The Labute approximate surface area is 296 Å². The van der Waals surface area contributed by atoms with Crippen LogP contribution in [0, 0.1) is 0 Å². The first-order valence-corrected chi connectivity index (χ1v) is 20.3. The molecule has 0 N–H and O–H groups in total. The Balaban J connectivity index is 4.36. The molecule has 0 bridgehead atoms. The second-order valence-electron chi connectivity index (χ2n) is 13.5. The number of ether oxygens (including phenoxy) is 3. The minimum Gasteiger partial charge on any atom is -0.462 e. The fraction of sp³-hybridized carbons (Fsp3) is 0.833. The molecule has 0 rings (SSSR count). The van der Waals surface area contributed by atoms with Gasteiger partial charge in [-0.1, -0.05) is 148 Å². The van der Waals surface area contributed by atoms with Gasteiger partial charge in [0, 0.05) is 19.3 Å². The van der Waals surface area contributed by atoms with Crippen molar-refractivity contribution in [3.8, 4) is 0 Å².